The Balaban J connectivity index is 1.91. The number of nitrogens with one attached hydrogen (secondary N) is 1. The molecule has 1 aliphatic heterocycles. The lowest BCUT2D eigenvalue weighted by Crippen LogP contribution is -2.12. The molecule has 1 aromatic heterocycles. The van der Waals surface area contributed by atoms with E-state index in [9.17, 15) is 9.18 Å². The molecule has 1 aliphatic carbocycles. The number of nitrogens with zero attached hydrogens (tertiary/aromatic N) is 1. The second-order valence-electron chi connectivity index (χ2n) is 5.28. The molecular formula is C16H13FN2OS. The van der Waals surface area contributed by atoms with Crippen molar-refractivity contribution in [2.45, 2.75) is 19.3 Å². The van der Waals surface area contributed by atoms with Crippen LogP contribution in [0, 0.1) is 5.82 Å². The van der Waals surface area contributed by atoms with Gasteiger partial charge in [-0.1, -0.05) is 0 Å². The maximum Gasteiger partial charge on any atom is 0.246 e. The standard InChI is InChI=1S/C16H13FN2OS/c17-10-6-4-9(5-7-10)15-14-11-2-1-3-12(11)21-16(14)19-13(20)8-18-15/h4-7H,1-3,8H2,(H,19,20). The summed E-state index contributed by atoms with van der Waals surface area (Å²) in [5.74, 6) is -0.355. The number of anilines is 1. The van der Waals surface area contributed by atoms with Crippen LogP contribution in [-0.2, 0) is 17.6 Å². The number of hydrogen-bond donors (Lipinski definition) is 1. The maximum absolute atomic E-state index is 13.1. The van der Waals surface area contributed by atoms with Crippen LogP contribution in [0.1, 0.15) is 28.0 Å². The predicted molar refractivity (Wildman–Crippen MR) is 81.9 cm³/mol. The molecule has 0 bridgehead atoms. The third-order valence-electron chi connectivity index (χ3n) is 3.91. The summed E-state index contributed by atoms with van der Waals surface area (Å²) in [5.41, 5.74) is 4.02. The highest BCUT2D eigenvalue weighted by atomic mass is 32.1. The highest BCUT2D eigenvalue weighted by Gasteiger charge is 2.28. The summed E-state index contributed by atoms with van der Waals surface area (Å²) in [5, 5.41) is 3.85. The summed E-state index contributed by atoms with van der Waals surface area (Å²) < 4.78 is 13.1. The molecule has 1 aromatic carbocycles. The normalized spacial score (nSPS) is 16.8. The van der Waals surface area contributed by atoms with Gasteiger partial charge in [-0.2, -0.15) is 0 Å². The number of amides is 1. The molecule has 0 radical (unpaired) electrons. The fraction of sp³-hybridized carbons (Fsp3) is 0.250. The molecule has 2 aromatic rings. The zero-order valence-electron chi connectivity index (χ0n) is 11.3. The zero-order valence-corrected chi connectivity index (χ0v) is 12.1. The van der Waals surface area contributed by atoms with Gasteiger partial charge in [0.25, 0.3) is 0 Å². The lowest BCUT2D eigenvalue weighted by Gasteiger charge is -2.08. The smallest absolute Gasteiger partial charge is 0.246 e. The molecular weight excluding hydrogens is 287 g/mol. The highest BCUT2D eigenvalue weighted by Crippen LogP contribution is 2.41. The van der Waals surface area contributed by atoms with Crippen LogP contribution in [0.15, 0.2) is 29.3 Å². The Labute approximate surface area is 125 Å². The fourth-order valence-electron chi connectivity index (χ4n) is 2.98. The first-order valence-electron chi connectivity index (χ1n) is 6.97. The van der Waals surface area contributed by atoms with E-state index in [0.717, 1.165) is 41.1 Å². The van der Waals surface area contributed by atoms with Crippen LogP contribution in [0.2, 0.25) is 0 Å². The van der Waals surface area contributed by atoms with Gasteiger partial charge in [-0.3, -0.25) is 9.79 Å². The Morgan fingerprint density at radius 2 is 2.00 bits per heavy atom. The van der Waals surface area contributed by atoms with Gasteiger partial charge in [0.05, 0.1) is 5.71 Å². The van der Waals surface area contributed by atoms with Gasteiger partial charge in [0, 0.05) is 16.0 Å². The van der Waals surface area contributed by atoms with Gasteiger partial charge in [0.15, 0.2) is 0 Å². The van der Waals surface area contributed by atoms with E-state index in [1.807, 2.05) is 0 Å². The molecule has 0 unspecified atom stereocenters. The van der Waals surface area contributed by atoms with E-state index < -0.39 is 0 Å². The van der Waals surface area contributed by atoms with Crippen molar-refractivity contribution in [3.63, 3.8) is 0 Å². The van der Waals surface area contributed by atoms with Crippen molar-refractivity contribution < 1.29 is 9.18 Å². The predicted octanol–water partition coefficient (Wildman–Crippen LogP) is 3.17. The molecule has 3 nitrogen and oxygen atoms in total. The quantitative estimate of drug-likeness (QED) is 0.863. The second kappa shape index (κ2) is 4.77. The minimum Gasteiger partial charge on any atom is -0.316 e. The van der Waals surface area contributed by atoms with Gasteiger partial charge >= 0.3 is 0 Å². The molecule has 0 saturated carbocycles. The lowest BCUT2D eigenvalue weighted by molar-refractivity contribution is -0.114. The molecule has 106 valence electrons. The molecule has 0 spiro atoms. The number of carbonyl (C=O) groups excluding carboxylic acids is 1. The van der Waals surface area contributed by atoms with Crippen LogP contribution in [0.4, 0.5) is 9.39 Å². The van der Waals surface area contributed by atoms with Crippen molar-refractivity contribution in [3.05, 3.63) is 51.7 Å². The molecule has 4 rings (SSSR count). The SMILES string of the molecule is O=C1CN=C(c2ccc(F)cc2)c2c(sc3c2CCC3)N1. The van der Waals surface area contributed by atoms with Gasteiger partial charge in [0.2, 0.25) is 5.91 Å². The van der Waals surface area contributed by atoms with Crippen LogP contribution < -0.4 is 5.32 Å². The summed E-state index contributed by atoms with van der Waals surface area (Å²) in [6, 6.07) is 6.33. The number of aliphatic imine (C=N–C) groups is 1. The lowest BCUT2D eigenvalue weighted by atomic mass is 9.99. The minimum atomic E-state index is -0.266. The number of benzene rings is 1. The molecule has 1 amide bonds. The number of aryl methyl sites for hydroxylation is 1. The molecule has 2 heterocycles. The van der Waals surface area contributed by atoms with Gasteiger partial charge in [-0.25, -0.2) is 4.39 Å². The van der Waals surface area contributed by atoms with Crippen molar-refractivity contribution in [2.24, 2.45) is 4.99 Å². The van der Waals surface area contributed by atoms with E-state index >= 15 is 0 Å². The number of hydrogen-bond acceptors (Lipinski definition) is 3. The van der Waals surface area contributed by atoms with E-state index in [1.54, 1.807) is 23.5 Å². The van der Waals surface area contributed by atoms with E-state index in [-0.39, 0.29) is 18.3 Å². The summed E-state index contributed by atoms with van der Waals surface area (Å²) in [7, 11) is 0. The Bertz CT molecular complexity index is 761. The van der Waals surface area contributed by atoms with Gasteiger partial charge in [0.1, 0.15) is 17.4 Å². The average molecular weight is 300 g/mol. The molecule has 0 atom stereocenters. The van der Waals surface area contributed by atoms with Crippen molar-refractivity contribution in [2.75, 3.05) is 11.9 Å². The Morgan fingerprint density at radius 1 is 1.19 bits per heavy atom. The first-order valence-corrected chi connectivity index (χ1v) is 7.79. The monoisotopic (exact) mass is 300 g/mol. The topological polar surface area (TPSA) is 41.5 Å². The van der Waals surface area contributed by atoms with Crippen molar-refractivity contribution in [3.8, 4) is 0 Å². The number of thiophene rings is 1. The first-order chi connectivity index (χ1) is 10.2. The van der Waals surface area contributed by atoms with Crippen molar-refractivity contribution in [1.29, 1.82) is 0 Å². The van der Waals surface area contributed by atoms with Crippen LogP contribution in [0.25, 0.3) is 0 Å². The fourth-order valence-corrected chi connectivity index (χ4v) is 4.29. The average Bonchev–Trinajstić information content (AvgIpc) is 2.99. The molecule has 0 fully saturated rings. The van der Waals surface area contributed by atoms with Gasteiger partial charge < -0.3 is 5.32 Å². The second-order valence-corrected chi connectivity index (χ2v) is 6.39. The summed E-state index contributed by atoms with van der Waals surface area (Å²) >= 11 is 1.66. The van der Waals surface area contributed by atoms with Crippen LogP contribution >= 0.6 is 11.3 Å². The third-order valence-corrected chi connectivity index (χ3v) is 5.12. The minimum absolute atomic E-state index is 0.0896. The van der Waals surface area contributed by atoms with Crippen LogP contribution in [0.5, 0.6) is 0 Å². The summed E-state index contributed by atoms with van der Waals surface area (Å²) in [6.45, 7) is 0.114. The van der Waals surface area contributed by atoms with E-state index in [2.05, 4.69) is 10.3 Å². The molecule has 1 N–H and O–H groups in total. The third kappa shape index (κ3) is 2.08. The molecule has 0 saturated heterocycles. The number of fused-ring (bicyclic) bond motifs is 3. The van der Waals surface area contributed by atoms with Gasteiger partial charge in [-0.15, -0.1) is 11.3 Å². The summed E-state index contributed by atoms with van der Waals surface area (Å²) in [6.07, 6.45) is 3.25. The number of carbonyl (C=O) groups is 1. The Kier molecular flexibility index (Phi) is 2.89. The molecule has 5 heteroatoms. The zero-order chi connectivity index (χ0) is 14.4. The van der Waals surface area contributed by atoms with E-state index in [0.29, 0.717) is 0 Å². The number of rotatable bonds is 1. The van der Waals surface area contributed by atoms with Crippen molar-refractivity contribution >= 4 is 28.0 Å². The Hall–Kier alpha value is -2.01. The Morgan fingerprint density at radius 3 is 2.81 bits per heavy atom. The van der Waals surface area contributed by atoms with Gasteiger partial charge in [-0.05, 0) is 49.1 Å². The number of halogens is 1. The van der Waals surface area contributed by atoms with Crippen LogP contribution in [0.3, 0.4) is 0 Å². The first kappa shape index (κ1) is 12.7. The summed E-state index contributed by atoms with van der Waals surface area (Å²) in [4.78, 5) is 17.7. The maximum atomic E-state index is 13.1. The van der Waals surface area contributed by atoms with E-state index in [1.165, 1.54) is 22.6 Å². The largest absolute Gasteiger partial charge is 0.316 e. The molecule has 21 heavy (non-hydrogen) atoms. The van der Waals surface area contributed by atoms with Crippen molar-refractivity contribution in [1.82, 2.24) is 0 Å². The van der Waals surface area contributed by atoms with Crippen LogP contribution in [-0.4, -0.2) is 18.2 Å². The molecule has 2 aliphatic rings. The van der Waals surface area contributed by atoms with E-state index in [4.69, 9.17) is 0 Å². The highest BCUT2D eigenvalue weighted by molar-refractivity contribution is 7.17.